The topological polar surface area (TPSA) is 148 Å². The third-order valence-electron chi connectivity index (χ3n) is 11.0. The van der Waals surface area contributed by atoms with Gasteiger partial charge in [0.1, 0.15) is 49.6 Å². The van der Waals surface area contributed by atoms with Gasteiger partial charge in [-0.05, 0) is 97.7 Å². The minimum Gasteiger partial charge on any atom is -0.491 e. The van der Waals surface area contributed by atoms with E-state index < -0.39 is 5.41 Å². The normalized spacial score (nSPS) is 21.2. The fourth-order valence-electron chi connectivity index (χ4n) is 8.36. The zero-order valence-corrected chi connectivity index (χ0v) is 33.7. The molecule has 5 unspecified atom stereocenters. The van der Waals surface area contributed by atoms with E-state index in [0.29, 0.717) is 43.3 Å². The number of methoxy groups -OCH3 is 2. The van der Waals surface area contributed by atoms with Gasteiger partial charge in [-0.1, -0.05) is 54.6 Å². The monoisotopic (exact) mass is 806 g/mol. The van der Waals surface area contributed by atoms with Crippen molar-refractivity contribution >= 4 is 22.7 Å². The molecule has 59 heavy (non-hydrogen) atoms. The Morgan fingerprint density at radius 2 is 1.17 bits per heavy atom. The van der Waals surface area contributed by atoms with Gasteiger partial charge in [0.15, 0.2) is 6.10 Å². The molecule has 2 N–H and O–H groups in total. The minimum atomic E-state index is -0.756. The van der Waals surface area contributed by atoms with Gasteiger partial charge < -0.3 is 48.1 Å². The van der Waals surface area contributed by atoms with E-state index in [2.05, 4.69) is 48.5 Å². The van der Waals surface area contributed by atoms with Crippen LogP contribution in [-0.2, 0) is 56.6 Å². The largest absolute Gasteiger partial charge is 0.491 e. The second kappa shape index (κ2) is 18.7. The molecular weight excluding hydrogens is 757 g/mol. The summed E-state index contributed by atoms with van der Waals surface area (Å²) in [6, 6.07) is 33.0. The molecule has 0 amide bonds. The molecule has 8 rings (SSSR count). The molecule has 2 saturated heterocycles. The van der Waals surface area contributed by atoms with Crippen LogP contribution in [0.4, 0.5) is 0 Å². The molecule has 2 aliphatic heterocycles. The summed E-state index contributed by atoms with van der Waals surface area (Å²) in [7, 11) is 3.27. The molecule has 0 bridgehead atoms. The summed E-state index contributed by atoms with van der Waals surface area (Å²) in [6.07, 6.45) is -0.577. The molecule has 0 aromatic heterocycles. The fraction of sp³-hybridized carbons (Fsp3) is 0.362. The van der Waals surface area contributed by atoms with Crippen LogP contribution in [0.3, 0.4) is 0 Å². The molecule has 5 aromatic carbocycles. The molecule has 5 atom stereocenters. The second-order valence-electron chi connectivity index (χ2n) is 14.6. The number of aliphatic hydroxyl groups excluding tert-OH is 2. The average Bonchev–Trinajstić information content (AvgIpc) is 3.93. The van der Waals surface area contributed by atoms with Gasteiger partial charge in [0.25, 0.3) is 0 Å². The summed E-state index contributed by atoms with van der Waals surface area (Å²) in [5, 5.41) is 22.9. The molecule has 5 aromatic rings. The Bertz CT molecular complexity index is 2240. The van der Waals surface area contributed by atoms with Crippen molar-refractivity contribution in [3.05, 3.63) is 130 Å². The summed E-state index contributed by atoms with van der Waals surface area (Å²) < 4.78 is 43.1. The van der Waals surface area contributed by atoms with Crippen molar-refractivity contribution < 1.29 is 57.7 Å². The van der Waals surface area contributed by atoms with Crippen molar-refractivity contribution in [1.29, 1.82) is 0 Å². The highest BCUT2D eigenvalue weighted by atomic mass is 16.7. The van der Waals surface area contributed by atoms with E-state index in [0.717, 1.165) is 49.9 Å². The summed E-state index contributed by atoms with van der Waals surface area (Å²) in [5.41, 5.74) is 6.88. The average molecular weight is 807 g/mol. The highest BCUT2D eigenvalue weighted by Gasteiger charge is 2.50. The maximum atomic E-state index is 11.2. The first-order valence-electron chi connectivity index (χ1n) is 19.7. The lowest BCUT2D eigenvalue weighted by Gasteiger charge is -2.34. The third-order valence-corrected chi connectivity index (χ3v) is 11.0. The Kier molecular flexibility index (Phi) is 13.3. The molecule has 0 spiro atoms. The molecular formula is C47H50O12. The molecule has 0 radical (unpaired) electrons. The number of rotatable bonds is 14. The molecule has 310 valence electrons. The van der Waals surface area contributed by atoms with Crippen molar-refractivity contribution in [2.45, 2.75) is 56.9 Å². The molecule has 12 heteroatoms. The Morgan fingerprint density at radius 1 is 0.644 bits per heavy atom. The Balaban J connectivity index is 0.000000317. The Labute approximate surface area is 343 Å². The third kappa shape index (κ3) is 8.56. The van der Waals surface area contributed by atoms with E-state index in [9.17, 15) is 19.8 Å². The maximum absolute atomic E-state index is 11.2. The zero-order valence-electron chi connectivity index (χ0n) is 33.7. The number of ether oxygens (including phenoxy) is 8. The first-order chi connectivity index (χ1) is 28.7. The van der Waals surface area contributed by atoms with E-state index in [-0.39, 0.29) is 62.8 Å². The van der Waals surface area contributed by atoms with Crippen molar-refractivity contribution in [3.8, 4) is 22.6 Å². The highest BCUT2D eigenvalue weighted by molar-refractivity contribution is 5.96. The van der Waals surface area contributed by atoms with Crippen LogP contribution < -0.4 is 9.47 Å². The van der Waals surface area contributed by atoms with E-state index in [1.165, 1.54) is 13.8 Å². The first kappa shape index (κ1) is 41.8. The molecule has 2 fully saturated rings. The standard InChI is InChI=1S/C38H36O7.C9H14O5/c1-25(41)43-17-18-45-33-13-9-31(10-14-33)38(30-7-11-32(12-8-30)44-16-15-42-2)36-21-27-6-4-3-5-26(27)19-34(36)35-20-28(23-39)29(24-40)22-37(35)38;1-5(10)14-7-4-13-8-6(11-2)3-12-9(7)8/h3-14,19-22,39-40H,15-18,23-24H2,1-2H3;6-9H,3-4H2,1-2H3. The summed E-state index contributed by atoms with van der Waals surface area (Å²) in [6.45, 7) is 4.65. The summed E-state index contributed by atoms with van der Waals surface area (Å²) in [4.78, 5) is 21.9. The van der Waals surface area contributed by atoms with Crippen LogP contribution in [-0.4, -0.2) is 100 Å². The number of carbonyl (C=O) groups excluding carboxylic acids is 2. The zero-order chi connectivity index (χ0) is 41.5. The van der Waals surface area contributed by atoms with Crippen molar-refractivity contribution in [1.82, 2.24) is 0 Å². The lowest BCUT2D eigenvalue weighted by molar-refractivity contribution is -0.151. The van der Waals surface area contributed by atoms with Gasteiger partial charge in [0.05, 0.1) is 38.4 Å². The number of carbonyl (C=O) groups is 2. The number of hydrogen-bond acceptors (Lipinski definition) is 12. The van der Waals surface area contributed by atoms with Gasteiger partial charge in [-0.15, -0.1) is 0 Å². The highest BCUT2D eigenvalue weighted by Crippen LogP contribution is 2.57. The lowest BCUT2D eigenvalue weighted by atomic mass is 9.67. The Morgan fingerprint density at radius 3 is 1.73 bits per heavy atom. The summed E-state index contributed by atoms with van der Waals surface area (Å²) in [5.74, 6) is 0.755. The number of fused-ring (bicyclic) bond motifs is 5. The predicted molar refractivity (Wildman–Crippen MR) is 218 cm³/mol. The van der Waals surface area contributed by atoms with E-state index in [4.69, 9.17) is 37.9 Å². The van der Waals surface area contributed by atoms with E-state index in [1.54, 1.807) is 14.2 Å². The molecule has 12 nitrogen and oxygen atoms in total. The van der Waals surface area contributed by atoms with Crippen LogP contribution in [0.2, 0.25) is 0 Å². The van der Waals surface area contributed by atoms with Crippen molar-refractivity contribution in [2.24, 2.45) is 0 Å². The van der Waals surface area contributed by atoms with Gasteiger partial charge >= 0.3 is 11.9 Å². The molecule has 2 heterocycles. The van der Waals surface area contributed by atoms with Gasteiger partial charge in [0.2, 0.25) is 0 Å². The smallest absolute Gasteiger partial charge is 0.303 e. The van der Waals surface area contributed by atoms with Gasteiger partial charge in [-0.3, -0.25) is 9.59 Å². The minimum absolute atomic E-state index is 0.0411. The van der Waals surface area contributed by atoms with Crippen LogP contribution in [0.25, 0.3) is 21.9 Å². The maximum Gasteiger partial charge on any atom is 0.303 e. The second-order valence-corrected chi connectivity index (χ2v) is 14.6. The Hall–Kier alpha value is -5.34. The number of hydrogen-bond donors (Lipinski definition) is 2. The molecule has 0 saturated carbocycles. The SMILES string of the molecule is COC1COC2C(OC(C)=O)COC12.COCCOc1ccc(C2(c3ccc(OCCOC(C)=O)cc3)c3cc(CO)c(CO)cc3-c3cc4ccccc4cc32)cc1. The van der Waals surface area contributed by atoms with Gasteiger partial charge in [0, 0.05) is 28.1 Å². The van der Waals surface area contributed by atoms with Crippen LogP contribution in [0.5, 0.6) is 11.5 Å². The van der Waals surface area contributed by atoms with Gasteiger partial charge in [-0.25, -0.2) is 0 Å². The number of benzene rings is 5. The van der Waals surface area contributed by atoms with E-state index in [1.807, 2.05) is 48.5 Å². The van der Waals surface area contributed by atoms with Crippen LogP contribution in [0.15, 0.2) is 97.1 Å². The van der Waals surface area contributed by atoms with Crippen LogP contribution in [0, 0.1) is 0 Å². The van der Waals surface area contributed by atoms with Crippen LogP contribution >= 0.6 is 0 Å². The summed E-state index contributed by atoms with van der Waals surface area (Å²) >= 11 is 0. The quantitative estimate of drug-likeness (QED) is 0.100. The van der Waals surface area contributed by atoms with Gasteiger partial charge in [-0.2, -0.15) is 0 Å². The molecule has 1 aliphatic carbocycles. The number of esters is 2. The fourth-order valence-corrected chi connectivity index (χ4v) is 8.36. The van der Waals surface area contributed by atoms with E-state index >= 15 is 0 Å². The number of aliphatic hydroxyl groups is 2. The predicted octanol–water partition coefficient (Wildman–Crippen LogP) is 5.89. The molecule has 3 aliphatic rings. The van der Waals surface area contributed by atoms with Crippen molar-refractivity contribution in [2.75, 3.05) is 53.9 Å². The van der Waals surface area contributed by atoms with Crippen LogP contribution in [0.1, 0.15) is 47.2 Å². The van der Waals surface area contributed by atoms with Crippen molar-refractivity contribution in [3.63, 3.8) is 0 Å². The first-order valence-corrected chi connectivity index (χ1v) is 19.7. The lowest BCUT2D eigenvalue weighted by Crippen LogP contribution is -2.34.